The van der Waals surface area contributed by atoms with E-state index in [0.29, 0.717) is 0 Å². The third-order valence-electron chi connectivity index (χ3n) is 3.39. The van der Waals surface area contributed by atoms with Gasteiger partial charge < -0.3 is 4.74 Å². The van der Waals surface area contributed by atoms with E-state index < -0.39 is 5.91 Å². The Morgan fingerprint density at radius 1 is 1.04 bits per heavy atom. The van der Waals surface area contributed by atoms with Gasteiger partial charge in [-0.2, -0.15) is 0 Å². The lowest BCUT2D eigenvalue weighted by Crippen LogP contribution is -2.15. The third kappa shape index (κ3) is 5.41. The number of nitrogens with one attached hydrogen (secondary N) is 1. The van der Waals surface area contributed by atoms with Crippen LogP contribution in [-0.4, -0.2) is 17.2 Å². The molecule has 1 unspecified atom stereocenters. The van der Waals surface area contributed by atoms with Crippen molar-refractivity contribution in [2.24, 2.45) is 0 Å². The van der Waals surface area contributed by atoms with Gasteiger partial charge in [0.2, 0.25) is 0 Å². The van der Waals surface area contributed by atoms with Crippen molar-refractivity contribution < 1.29 is 14.7 Å². The van der Waals surface area contributed by atoms with Gasteiger partial charge in [-0.1, -0.05) is 54.1 Å². The molecule has 124 valence electrons. The molecular formula is C20H21NO3. The van der Waals surface area contributed by atoms with E-state index in [0.717, 1.165) is 16.9 Å². The first kappa shape index (κ1) is 17.5. The van der Waals surface area contributed by atoms with Gasteiger partial charge in [-0.3, -0.25) is 10.0 Å². The number of hydrogen-bond acceptors (Lipinski definition) is 3. The van der Waals surface area contributed by atoms with Crippen LogP contribution in [0.4, 0.5) is 0 Å². The van der Waals surface area contributed by atoms with Crippen molar-refractivity contribution in [3.05, 3.63) is 78.4 Å². The molecule has 0 bridgehead atoms. The van der Waals surface area contributed by atoms with Crippen LogP contribution in [0.25, 0.3) is 11.1 Å². The van der Waals surface area contributed by atoms with Crippen LogP contribution in [0.1, 0.15) is 13.8 Å². The highest BCUT2D eigenvalue weighted by Gasteiger charge is 2.02. The summed E-state index contributed by atoms with van der Waals surface area (Å²) in [5, 5.41) is 8.43. The lowest BCUT2D eigenvalue weighted by Gasteiger charge is -2.12. The zero-order valence-electron chi connectivity index (χ0n) is 13.8. The summed E-state index contributed by atoms with van der Waals surface area (Å²) in [5.41, 5.74) is 4.72. The maximum absolute atomic E-state index is 10.9. The van der Waals surface area contributed by atoms with Crippen LogP contribution in [0.3, 0.4) is 0 Å². The maximum atomic E-state index is 10.9. The fourth-order valence-corrected chi connectivity index (χ4v) is 2.28. The minimum Gasteiger partial charge on any atom is -0.487 e. The molecule has 0 aliphatic heterocycles. The van der Waals surface area contributed by atoms with Gasteiger partial charge in [-0.15, -0.1) is 0 Å². The molecule has 2 N–H and O–H groups in total. The number of benzene rings is 2. The second kappa shape index (κ2) is 8.70. The van der Waals surface area contributed by atoms with Crippen molar-refractivity contribution in [1.29, 1.82) is 0 Å². The molecule has 2 aromatic carbocycles. The Bertz CT molecular complexity index is 718. The molecule has 0 aromatic heterocycles. The number of hydroxylamine groups is 1. The Morgan fingerprint density at radius 2 is 1.67 bits per heavy atom. The highest BCUT2D eigenvalue weighted by Crippen LogP contribution is 2.22. The van der Waals surface area contributed by atoms with E-state index in [-0.39, 0.29) is 6.10 Å². The predicted octanol–water partition coefficient (Wildman–Crippen LogP) is 4.13. The summed E-state index contributed by atoms with van der Waals surface area (Å²) < 4.78 is 5.85. The van der Waals surface area contributed by atoms with Crippen LogP contribution < -0.4 is 10.2 Å². The van der Waals surface area contributed by atoms with E-state index in [1.165, 1.54) is 11.6 Å². The van der Waals surface area contributed by atoms with E-state index >= 15 is 0 Å². The van der Waals surface area contributed by atoms with Crippen molar-refractivity contribution in [3.8, 4) is 16.9 Å². The molecule has 4 nitrogen and oxygen atoms in total. The van der Waals surface area contributed by atoms with Gasteiger partial charge in [0.25, 0.3) is 5.91 Å². The molecule has 4 heteroatoms. The average Bonchev–Trinajstić information content (AvgIpc) is 2.61. The fraction of sp³-hybridized carbons (Fsp3) is 0.150. The van der Waals surface area contributed by atoms with Crippen molar-refractivity contribution in [1.82, 2.24) is 5.48 Å². The molecule has 24 heavy (non-hydrogen) atoms. The molecular weight excluding hydrogens is 302 g/mol. The van der Waals surface area contributed by atoms with Crippen LogP contribution in [0.2, 0.25) is 0 Å². The summed E-state index contributed by atoms with van der Waals surface area (Å²) in [4.78, 5) is 10.9. The van der Waals surface area contributed by atoms with Crippen molar-refractivity contribution in [2.45, 2.75) is 20.0 Å². The minimum atomic E-state index is -0.562. The lowest BCUT2D eigenvalue weighted by molar-refractivity contribution is -0.124. The van der Waals surface area contributed by atoms with Crippen LogP contribution in [-0.2, 0) is 4.79 Å². The molecule has 0 radical (unpaired) electrons. The summed E-state index contributed by atoms with van der Waals surface area (Å²) in [5.74, 6) is 0.219. The molecule has 0 fully saturated rings. The van der Waals surface area contributed by atoms with Gasteiger partial charge in [-0.05, 0) is 43.2 Å². The SMILES string of the molecule is CC(C=CC(=O)NO)=CC(C)Oc1ccc(-c2ccccc2)cc1. The number of hydrogen-bond donors (Lipinski definition) is 2. The Labute approximate surface area is 142 Å². The molecule has 1 atom stereocenters. The van der Waals surface area contributed by atoms with E-state index in [2.05, 4.69) is 12.1 Å². The first-order chi connectivity index (χ1) is 11.6. The highest BCUT2D eigenvalue weighted by atomic mass is 16.5. The highest BCUT2D eigenvalue weighted by molar-refractivity contribution is 5.86. The standard InChI is InChI=1S/C20H21NO3/c1-15(8-13-20(22)21-23)14-16(2)24-19-11-9-18(10-12-19)17-6-4-3-5-7-17/h3-14,16,23H,1-2H3,(H,21,22). The minimum absolute atomic E-state index is 0.144. The average molecular weight is 323 g/mol. The van der Waals surface area contributed by atoms with Gasteiger partial charge >= 0.3 is 0 Å². The van der Waals surface area contributed by atoms with Gasteiger partial charge in [-0.25, -0.2) is 5.48 Å². The molecule has 0 heterocycles. The molecule has 1 amide bonds. The van der Waals surface area contributed by atoms with Crippen LogP contribution in [0, 0.1) is 0 Å². The van der Waals surface area contributed by atoms with Crippen LogP contribution in [0.15, 0.2) is 78.4 Å². The Morgan fingerprint density at radius 3 is 2.29 bits per heavy atom. The second-order valence-corrected chi connectivity index (χ2v) is 5.43. The third-order valence-corrected chi connectivity index (χ3v) is 3.39. The number of amides is 1. The lowest BCUT2D eigenvalue weighted by atomic mass is 10.1. The summed E-state index contributed by atoms with van der Waals surface area (Å²) in [6.45, 7) is 3.79. The normalized spacial score (nSPS) is 12.9. The Kier molecular flexibility index (Phi) is 6.34. The fourth-order valence-electron chi connectivity index (χ4n) is 2.28. The van der Waals surface area contributed by atoms with Gasteiger partial charge in [0, 0.05) is 6.08 Å². The number of rotatable bonds is 6. The molecule has 0 spiro atoms. The zero-order chi connectivity index (χ0) is 17.4. The largest absolute Gasteiger partial charge is 0.487 e. The zero-order valence-corrected chi connectivity index (χ0v) is 13.8. The van der Waals surface area contributed by atoms with Crippen molar-refractivity contribution >= 4 is 5.91 Å². The van der Waals surface area contributed by atoms with E-state index in [4.69, 9.17) is 9.94 Å². The molecule has 0 saturated heterocycles. The summed E-state index contributed by atoms with van der Waals surface area (Å²) in [7, 11) is 0. The van der Waals surface area contributed by atoms with Crippen molar-refractivity contribution in [3.63, 3.8) is 0 Å². The Hall–Kier alpha value is -2.85. The molecule has 0 aliphatic rings. The monoisotopic (exact) mass is 323 g/mol. The summed E-state index contributed by atoms with van der Waals surface area (Å²) in [6.07, 6.45) is 4.62. The Balaban J connectivity index is 1.98. The van der Waals surface area contributed by atoms with Gasteiger partial charge in [0.1, 0.15) is 11.9 Å². The molecule has 0 saturated carbocycles. The van der Waals surface area contributed by atoms with Gasteiger partial charge in [0.15, 0.2) is 0 Å². The van der Waals surface area contributed by atoms with E-state index in [1.807, 2.05) is 62.4 Å². The second-order valence-electron chi connectivity index (χ2n) is 5.43. The number of carbonyl (C=O) groups is 1. The first-order valence-corrected chi connectivity index (χ1v) is 7.71. The number of carbonyl (C=O) groups excluding carboxylic acids is 1. The molecule has 0 aliphatic carbocycles. The number of ether oxygens (including phenoxy) is 1. The molecule has 2 rings (SSSR count). The predicted molar refractivity (Wildman–Crippen MR) is 94.8 cm³/mol. The van der Waals surface area contributed by atoms with E-state index in [9.17, 15) is 4.79 Å². The topological polar surface area (TPSA) is 58.6 Å². The summed E-state index contributed by atoms with van der Waals surface area (Å²) >= 11 is 0. The first-order valence-electron chi connectivity index (χ1n) is 7.71. The smallest absolute Gasteiger partial charge is 0.267 e. The maximum Gasteiger partial charge on any atom is 0.267 e. The van der Waals surface area contributed by atoms with Gasteiger partial charge in [0.05, 0.1) is 0 Å². The van der Waals surface area contributed by atoms with Crippen LogP contribution >= 0.6 is 0 Å². The number of allylic oxidation sites excluding steroid dienone is 2. The quantitative estimate of drug-likeness (QED) is 0.364. The molecule has 2 aromatic rings. The van der Waals surface area contributed by atoms with E-state index in [1.54, 1.807) is 11.6 Å². The van der Waals surface area contributed by atoms with Crippen LogP contribution in [0.5, 0.6) is 5.75 Å². The van der Waals surface area contributed by atoms with Crippen molar-refractivity contribution in [2.75, 3.05) is 0 Å². The summed E-state index contributed by atoms with van der Waals surface area (Å²) in [6, 6.07) is 18.1.